The van der Waals surface area contributed by atoms with Crippen molar-refractivity contribution in [3.05, 3.63) is 40.7 Å². The van der Waals surface area contributed by atoms with Gasteiger partial charge in [-0.2, -0.15) is 5.26 Å². The molecule has 0 bridgehead atoms. The van der Waals surface area contributed by atoms with E-state index in [1.165, 1.54) is 6.07 Å². The van der Waals surface area contributed by atoms with Gasteiger partial charge in [-0.3, -0.25) is 0 Å². The summed E-state index contributed by atoms with van der Waals surface area (Å²) >= 11 is 6.20. The van der Waals surface area contributed by atoms with Gasteiger partial charge in [0.25, 0.3) is 0 Å². The van der Waals surface area contributed by atoms with Gasteiger partial charge in [0, 0.05) is 32.0 Å². The molecule has 0 unspecified atom stereocenters. The molecule has 0 spiro atoms. The molecule has 0 saturated carbocycles. The van der Waals surface area contributed by atoms with E-state index in [0.29, 0.717) is 30.5 Å². The van der Waals surface area contributed by atoms with Gasteiger partial charge in [0.2, 0.25) is 5.88 Å². The Kier molecular flexibility index (Phi) is 5.62. The highest BCUT2D eigenvalue weighted by Crippen LogP contribution is 2.29. The molecule has 140 valence electrons. The largest absolute Gasteiger partial charge is 0.489 e. The SMILES string of the molecule is COc1ccc(OC2CCN(c3nc(C#N)c(C(=O)O)cc3Cl)CC2)cn1. The third kappa shape index (κ3) is 4.20. The third-order valence-electron chi connectivity index (χ3n) is 4.26. The van der Waals surface area contributed by atoms with Crippen molar-refractivity contribution in [2.24, 2.45) is 0 Å². The number of ether oxygens (including phenoxy) is 2. The number of nitriles is 1. The summed E-state index contributed by atoms with van der Waals surface area (Å²) in [6, 6.07) is 6.63. The molecule has 27 heavy (non-hydrogen) atoms. The van der Waals surface area contributed by atoms with E-state index in [2.05, 4.69) is 9.97 Å². The predicted octanol–water partition coefficient (Wildman–Crippen LogP) is 2.76. The van der Waals surface area contributed by atoms with Crippen molar-refractivity contribution in [1.82, 2.24) is 9.97 Å². The highest BCUT2D eigenvalue weighted by molar-refractivity contribution is 6.33. The molecular weight excluding hydrogens is 372 g/mol. The molecule has 1 fully saturated rings. The van der Waals surface area contributed by atoms with Crippen LogP contribution in [0.2, 0.25) is 5.02 Å². The number of carbonyl (C=O) groups is 1. The average molecular weight is 389 g/mol. The van der Waals surface area contributed by atoms with Crippen LogP contribution >= 0.6 is 11.6 Å². The topological polar surface area (TPSA) is 109 Å². The van der Waals surface area contributed by atoms with Gasteiger partial charge in [0.15, 0.2) is 5.69 Å². The normalized spacial score (nSPS) is 14.5. The summed E-state index contributed by atoms with van der Waals surface area (Å²) in [5, 5.41) is 18.5. The van der Waals surface area contributed by atoms with Gasteiger partial charge in [-0.1, -0.05) is 11.6 Å². The van der Waals surface area contributed by atoms with Gasteiger partial charge < -0.3 is 19.5 Å². The van der Waals surface area contributed by atoms with Crippen molar-refractivity contribution in [2.45, 2.75) is 18.9 Å². The van der Waals surface area contributed by atoms with E-state index in [4.69, 9.17) is 31.4 Å². The Hall–Kier alpha value is -3.05. The van der Waals surface area contributed by atoms with E-state index < -0.39 is 5.97 Å². The first-order valence-corrected chi connectivity index (χ1v) is 8.65. The minimum absolute atomic E-state index is 0.0175. The summed E-state index contributed by atoms with van der Waals surface area (Å²) in [4.78, 5) is 21.4. The number of hydrogen-bond donors (Lipinski definition) is 1. The lowest BCUT2D eigenvalue weighted by molar-refractivity contribution is 0.0696. The molecule has 9 heteroatoms. The second-order valence-electron chi connectivity index (χ2n) is 5.95. The molecule has 2 aromatic rings. The van der Waals surface area contributed by atoms with E-state index in [9.17, 15) is 4.79 Å². The van der Waals surface area contributed by atoms with Crippen molar-refractivity contribution in [3.8, 4) is 17.7 Å². The maximum Gasteiger partial charge on any atom is 0.338 e. The van der Waals surface area contributed by atoms with Crippen LogP contribution in [0.4, 0.5) is 5.82 Å². The van der Waals surface area contributed by atoms with Gasteiger partial charge in [-0.05, 0) is 12.1 Å². The number of rotatable bonds is 5. The van der Waals surface area contributed by atoms with Crippen molar-refractivity contribution in [2.75, 3.05) is 25.1 Å². The summed E-state index contributed by atoms with van der Waals surface area (Å²) < 4.78 is 11.0. The van der Waals surface area contributed by atoms with E-state index >= 15 is 0 Å². The highest BCUT2D eigenvalue weighted by Gasteiger charge is 2.25. The standard InChI is InChI=1S/C18H17ClN4O4/c1-26-16-3-2-12(10-21-16)27-11-4-6-23(7-5-11)17-14(19)8-13(18(24)25)15(9-20)22-17/h2-3,8,10-11H,4-7H2,1H3,(H,24,25). The monoisotopic (exact) mass is 388 g/mol. The Morgan fingerprint density at radius 1 is 1.41 bits per heavy atom. The predicted molar refractivity (Wildman–Crippen MR) is 97.6 cm³/mol. The lowest BCUT2D eigenvalue weighted by Crippen LogP contribution is -2.39. The maximum absolute atomic E-state index is 11.2. The molecule has 8 nitrogen and oxygen atoms in total. The fourth-order valence-electron chi connectivity index (χ4n) is 2.88. The summed E-state index contributed by atoms with van der Waals surface area (Å²) in [6.45, 7) is 1.25. The fraction of sp³-hybridized carbons (Fsp3) is 0.333. The smallest absolute Gasteiger partial charge is 0.338 e. The molecule has 3 heterocycles. The minimum atomic E-state index is -1.23. The van der Waals surface area contributed by atoms with Crippen LogP contribution < -0.4 is 14.4 Å². The van der Waals surface area contributed by atoms with Crippen LogP contribution in [0.3, 0.4) is 0 Å². The molecule has 1 saturated heterocycles. The second-order valence-corrected chi connectivity index (χ2v) is 6.35. The third-order valence-corrected chi connectivity index (χ3v) is 4.53. The number of methoxy groups -OCH3 is 1. The van der Waals surface area contributed by atoms with Crippen molar-refractivity contribution >= 4 is 23.4 Å². The van der Waals surface area contributed by atoms with Crippen LogP contribution in [0, 0.1) is 11.3 Å². The quantitative estimate of drug-likeness (QED) is 0.832. The molecule has 0 amide bonds. The number of carboxylic acids is 1. The fourth-order valence-corrected chi connectivity index (χ4v) is 3.16. The number of piperidine rings is 1. The number of pyridine rings is 2. The molecule has 3 rings (SSSR count). The molecule has 1 aliphatic rings. The number of anilines is 1. The van der Waals surface area contributed by atoms with Crippen LogP contribution in [0.25, 0.3) is 0 Å². The zero-order valence-electron chi connectivity index (χ0n) is 14.6. The Balaban J connectivity index is 1.66. The first kappa shape index (κ1) is 18.7. The Morgan fingerprint density at radius 3 is 2.70 bits per heavy atom. The number of halogens is 1. The van der Waals surface area contributed by atoms with Crippen LogP contribution in [-0.4, -0.2) is 47.3 Å². The summed E-state index contributed by atoms with van der Waals surface area (Å²) in [7, 11) is 1.55. The average Bonchev–Trinajstić information content (AvgIpc) is 2.69. The Labute approximate surface area is 160 Å². The lowest BCUT2D eigenvalue weighted by Gasteiger charge is -2.33. The maximum atomic E-state index is 11.2. The zero-order chi connectivity index (χ0) is 19.4. The van der Waals surface area contributed by atoms with Crippen molar-refractivity contribution in [1.29, 1.82) is 5.26 Å². The van der Waals surface area contributed by atoms with Crippen LogP contribution in [0.15, 0.2) is 24.4 Å². The second kappa shape index (κ2) is 8.10. The molecule has 2 aromatic heterocycles. The van der Waals surface area contributed by atoms with Crippen molar-refractivity contribution < 1.29 is 19.4 Å². The highest BCUT2D eigenvalue weighted by atomic mass is 35.5. The van der Waals surface area contributed by atoms with E-state index in [-0.39, 0.29) is 22.4 Å². The van der Waals surface area contributed by atoms with Crippen LogP contribution in [0.5, 0.6) is 11.6 Å². The van der Waals surface area contributed by atoms with Crippen LogP contribution in [-0.2, 0) is 0 Å². The molecule has 1 aliphatic heterocycles. The first-order valence-electron chi connectivity index (χ1n) is 8.27. The van der Waals surface area contributed by atoms with Gasteiger partial charge >= 0.3 is 5.97 Å². The number of carboxylic acid groups (broad SMARTS) is 1. The Bertz CT molecular complexity index is 874. The summed E-state index contributed by atoms with van der Waals surface area (Å²) in [5.41, 5.74) is -0.346. The molecular formula is C18H17ClN4O4. The summed E-state index contributed by atoms with van der Waals surface area (Å²) in [6.07, 6.45) is 3.09. The van der Waals surface area contributed by atoms with Gasteiger partial charge in [-0.25, -0.2) is 14.8 Å². The summed E-state index contributed by atoms with van der Waals surface area (Å²) in [5.74, 6) is 0.384. The molecule has 1 N–H and O–H groups in total. The molecule has 0 aromatic carbocycles. The minimum Gasteiger partial charge on any atom is -0.489 e. The number of nitrogens with zero attached hydrogens (tertiary/aromatic N) is 4. The number of aromatic carboxylic acids is 1. The molecule has 0 radical (unpaired) electrons. The number of aromatic nitrogens is 2. The van der Waals surface area contributed by atoms with Crippen molar-refractivity contribution in [3.63, 3.8) is 0 Å². The molecule has 0 atom stereocenters. The van der Waals surface area contributed by atoms with E-state index in [1.807, 2.05) is 11.0 Å². The van der Waals surface area contributed by atoms with Gasteiger partial charge in [0.1, 0.15) is 23.7 Å². The zero-order valence-corrected chi connectivity index (χ0v) is 15.3. The van der Waals surface area contributed by atoms with E-state index in [1.54, 1.807) is 25.4 Å². The molecule has 0 aliphatic carbocycles. The van der Waals surface area contributed by atoms with Gasteiger partial charge in [-0.15, -0.1) is 0 Å². The first-order chi connectivity index (χ1) is 13.0. The Morgan fingerprint density at radius 2 is 2.15 bits per heavy atom. The van der Waals surface area contributed by atoms with Crippen LogP contribution in [0.1, 0.15) is 28.9 Å². The van der Waals surface area contributed by atoms with Gasteiger partial charge in [0.05, 0.1) is 23.9 Å². The number of hydrogen-bond acceptors (Lipinski definition) is 7. The lowest BCUT2D eigenvalue weighted by atomic mass is 10.1. The van der Waals surface area contributed by atoms with E-state index in [0.717, 1.165) is 12.8 Å².